The van der Waals surface area contributed by atoms with Crippen molar-refractivity contribution in [1.82, 2.24) is 19.4 Å². The van der Waals surface area contributed by atoms with Gasteiger partial charge in [-0.1, -0.05) is 18.2 Å². The van der Waals surface area contributed by atoms with Crippen LogP contribution in [0, 0.1) is 6.92 Å². The lowest BCUT2D eigenvalue weighted by molar-refractivity contribution is 0.221. The molecule has 3 aromatic rings. The van der Waals surface area contributed by atoms with E-state index in [1.54, 1.807) is 6.20 Å². The average Bonchev–Trinajstić information content (AvgIpc) is 3.19. The first-order valence-corrected chi connectivity index (χ1v) is 8.13. The molecule has 1 aliphatic heterocycles. The van der Waals surface area contributed by atoms with Gasteiger partial charge in [-0.2, -0.15) is 0 Å². The molecule has 0 bridgehead atoms. The molecule has 122 valence electrons. The number of anilines is 1. The molecule has 0 radical (unpaired) electrons. The minimum Gasteiger partial charge on any atom is -0.322 e. The van der Waals surface area contributed by atoms with Crippen LogP contribution in [0.4, 0.5) is 10.5 Å². The number of urea groups is 1. The van der Waals surface area contributed by atoms with Crippen molar-refractivity contribution < 1.29 is 4.79 Å². The Balaban J connectivity index is 1.52. The van der Waals surface area contributed by atoms with Gasteiger partial charge in [-0.25, -0.2) is 14.8 Å². The topological polar surface area (TPSA) is 63.1 Å². The Kier molecular flexibility index (Phi) is 3.65. The van der Waals surface area contributed by atoms with Crippen LogP contribution in [0.3, 0.4) is 0 Å². The molecule has 2 amide bonds. The summed E-state index contributed by atoms with van der Waals surface area (Å²) in [6, 6.07) is 13.6. The molecule has 1 N–H and O–H groups in total. The smallest absolute Gasteiger partial charge is 0.321 e. The van der Waals surface area contributed by atoms with E-state index in [2.05, 4.69) is 19.9 Å². The van der Waals surface area contributed by atoms with Gasteiger partial charge in [0.05, 0.1) is 6.04 Å². The van der Waals surface area contributed by atoms with E-state index in [1.807, 2.05) is 54.3 Å². The number of amides is 2. The minimum atomic E-state index is -0.0567. The number of para-hydroxylation sites is 1. The predicted octanol–water partition coefficient (Wildman–Crippen LogP) is 3.22. The summed E-state index contributed by atoms with van der Waals surface area (Å²) in [5.41, 5.74) is 2.62. The number of likely N-dealkylation sites (tertiary alicyclic amines) is 1. The molecule has 1 saturated heterocycles. The number of aromatic nitrogens is 3. The van der Waals surface area contributed by atoms with Crippen molar-refractivity contribution >= 4 is 22.9 Å². The van der Waals surface area contributed by atoms with Crippen molar-refractivity contribution in [2.24, 2.45) is 0 Å². The number of benzene rings is 1. The highest BCUT2D eigenvalue weighted by Gasteiger charge is 2.29. The summed E-state index contributed by atoms with van der Waals surface area (Å²) in [5, 5.41) is 2.95. The van der Waals surface area contributed by atoms with Crippen LogP contribution in [0.15, 0.2) is 48.7 Å². The highest BCUT2D eigenvalue weighted by atomic mass is 16.2. The molecule has 0 saturated carbocycles. The van der Waals surface area contributed by atoms with Gasteiger partial charge in [-0.3, -0.25) is 0 Å². The van der Waals surface area contributed by atoms with Crippen LogP contribution in [0.5, 0.6) is 0 Å². The third-order valence-electron chi connectivity index (χ3n) is 4.47. The van der Waals surface area contributed by atoms with Gasteiger partial charge in [0.2, 0.25) is 0 Å². The number of fused-ring (bicyclic) bond motifs is 1. The Morgan fingerprint density at radius 3 is 2.88 bits per heavy atom. The molecular formula is C18H19N5O. The molecule has 0 aliphatic carbocycles. The summed E-state index contributed by atoms with van der Waals surface area (Å²) < 4.78 is 2.16. The van der Waals surface area contributed by atoms with Crippen LogP contribution in [0.1, 0.15) is 18.3 Å². The summed E-state index contributed by atoms with van der Waals surface area (Å²) in [6.45, 7) is 3.39. The van der Waals surface area contributed by atoms with Crippen LogP contribution < -0.4 is 5.32 Å². The van der Waals surface area contributed by atoms with E-state index in [1.165, 1.54) is 0 Å². The van der Waals surface area contributed by atoms with Crippen molar-refractivity contribution in [3.05, 3.63) is 54.5 Å². The maximum absolute atomic E-state index is 12.5. The van der Waals surface area contributed by atoms with Crippen LogP contribution in [-0.2, 0) is 0 Å². The Bertz CT molecular complexity index is 874. The fourth-order valence-corrected chi connectivity index (χ4v) is 3.34. The van der Waals surface area contributed by atoms with Crippen molar-refractivity contribution in [2.45, 2.75) is 19.4 Å². The zero-order chi connectivity index (χ0) is 16.5. The second kappa shape index (κ2) is 5.96. The molecule has 0 spiro atoms. The first-order chi connectivity index (χ1) is 11.7. The molecule has 0 unspecified atom stereocenters. The van der Waals surface area contributed by atoms with Gasteiger partial charge in [-0.15, -0.1) is 0 Å². The monoisotopic (exact) mass is 321 g/mol. The predicted molar refractivity (Wildman–Crippen MR) is 93.0 cm³/mol. The van der Waals surface area contributed by atoms with Crippen molar-refractivity contribution in [3.63, 3.8) is 0 Å². The fraction of sp³-hybridized carbons (Fsp3) is 0.278. The van der Waals surface area contributed by atoms with Crippen LogP contribution in [0.25, 0.3) is 11.2 Å². The first-order valence-electron chi connectivity index (χ1n) is 8.13. The maximum Gasteiger partial charge on any atom is 0.321 e. The lowest BCUT2D eigenvalue weighted by atomic mass is 10.2. The van der Waals surface area contributed by atoms with Crippen LogP contribution in [0.2, 0.25) is 0 Å². The van der Waals surface area contributed by atoms with Gasteiger partial charge in [0.25, 0.3) is 0 Å². The Morgan fingerprint density at radius 2 is 2.04 bits per heavy atom. The van der Waals surface area contributed by atoms with Gasteiger partial charge in [-0.05, 0) is 37.6 Å². The van der Waals surface area contributed by atoms with E-state index in [9.17, 15) is 4.79 Å². The zero-order valence-corrected chi connectivity index (χ0v) is 13.5. The molecule has 2 aromatic heterocycles. The number of aryl methyl sites for hydroxylation is 1. The number of pyridine rings is 1. The summed E-state index contributed by atoms with van der Waals surface area (Å²) in [7, 11) is 0. The third kappa shape index (κ3) is 2.60. The molecule has 3 heterocycles. The van der Waals surface area contributed by atoms with Crippen molar-refractivity contribution in [2.75, 3.05) is 18.4 Å². The quantitative estimate of drug-likeness (QED) is 0.788. The second-order valence-electron chi connectivity index (χ2n) is 6.06. The lowest BCUT2D eigenvalue weighted by Gasteiger charge is -2.18. The molecule has 1 aromatic carbocycles. The largest absolute Gasteiger partial charge is 0.322 e. The van der Waals surface area contributed by atoms with E-state index in [0.29, 0.717) is 6.54 Å². The highest BCUT2D eigenvalue weighted by molar-refractivity contribution is 5.89. The molecule has 6 nitrogen and oxygen atoms in total. The van der Waals surface area contributed by atoms with Crippen LogP contribution in [-0.4, -0.2) is 38.6 Å². The molecule has 24 heavy (non-hydrogen) atoms. The molecule has 1 atom stereocenters. The summed E-state index contributed by atoms with van der Waals surface area (Å²) in [4.78, 5) is 23.3. The number of nitrogens with one attached hydrogen (secondary N) is 1. The average molecular weight is 321 g/mol. The van der Waals surface area contributed by atoms with E-state index < -0.39 is 0 Å². The summed E-state index contributed by atoms with van der Waals surface area (Å²) >= 11 is 0. The van der Waals surface area contributed by atoms with E-state index in [0.717, 1.165) is 35.6 Å². The normalized spacial score (nSPS) is 17.4. The van der Waals surface area contributed by atoms with Gasteiger partial charge in [0.15, 0.2) is 5.65 Å². The van der Waals surface area contributed by atoms with E-state index in [-0.39, 0.29) is 12.1 Å². The minimum absolute atomic E-state index is 0.0567. The number of nitrogens with zero attached hydrogens (tertiary/aromatic N) is 4. The molecule has 4 rings (SSSR count). The summed E-state index contributed by atoms with van der Waals surface area (Å²) in [5.74, 6) is 0.944. The number of hydrogen-bond donors (Lipinski definition) is 1. The first kappa shape index (κ1) is 14.7. The van der Waals surface area contributed by atoms with Crippen LogP contribution >= 0.6 is 0 Å². The number of imidazole rings is 1. The molecular weight excluding hydrogens is 302 g/mol. The van der Waals surface area contributed by atoms with Crippen molar-refractivity contribution in [3.8, 4) is 0 Å². The Labute approximate surface area is 140 Å². The van der Waals surface area contributed by atoms with Gasteiger partial charge >= 0.3 is 6.03 Å². The number of carbonyl (C=O) groups is 1. The lowest BCUT2D eigenvalue weighted by Crippen LogP contribution is -2.33. The zero-order valence-electron chi connectivity index (χ0n) is 13.5. The van der Waals surface area contributed by atoms with E-state index >= 15 is 0 Å². The molecule has 1 aliphatic rings. The number of hydrogen-bond acceptors (Lipinski definition) is 3. The molecule has 1 fully saturated rings. The second-order valence-corrected chi connectivity index (χ2v) is 6.06. The van der Waals surface area contributed by atoms with Gasteiger partial charge in [0.1, 0.15) is 11.3 Å². The molecule has 6 heteroatoms. The summed E-state index contributed by atoms with van der Waals surface area (Å²) in [6.07, 6.45) is 2.69. The van der Waals surface area contributed by atoms with Gasteiger partial charge in [0, 0.05) is 25.0 Å². The highest BCUT2D eigenvalue weighted by Crippen LogP contribution is 2.27. The number of rotatable bonds is 2. The third-order valence-corrected chi connectivity index (χ3v) is 4.47. The van der Waals surface area contributed by atoms with Crippen molar-refractivity contribution in [1.29, 1.82) is 0 Å². The Hall–Kier alpha value is -2.89. The van der Waals surface area contributed by atoms with E-state index in [4.69, 9.17) is 0 Å². The standard InChI is InChI=1S/C18H19N5O/c1-13-20-16-8-5-10-19-17(16)23(13)15-9-11-22(12-15)18(24)21-14-6-3-2-4-7-14/h2-8,10,15H,9,11-12H2,1H3,(H,21,24)/t15-/m0/s1. The maximum atomic E-state index is 12.5. The fourth-order valence-electron chi connectivity index (χ4n) is 3.34. The number of carbonyl (C=O) groups excluding carboxylic acids is 1. The van der Waals surface area contributed by atoms with Gasteiger partial charge < -0.3 is 14.8 Å². The SMILES string of the molecule is Cc1nc2cccnc2n1[C@H]1CCN(C(=O)Nc2ccccc2)C1. The Morgan fingerprint density at radius 1 is 1.21 bits per heavy atom.